The summed E-state index contributed by atoms with van der Waals surface area (Å²) in [4.78, 5) is 12.7. The summed E-state index contributed by atoms with van der Waals surface area (Å²) in [6.07, 6.45) is -1.40. The van der Waals surface area contributed by atoms with Crippen molar-refractivity contribution in [2.24, 2.45) is 5.92 Å². The number of hydrogen-bond acceptors (Lipinski definition) is 3. The second kappa shape index (κ2) is 9.70. The molecule has 1 saturated carbocycles. The van der Waals surface area contributed by atoms with E-state index in [-0.39, 0.29) is 17.0 Å². The average Bonchev–Trinajstić information content (AvgIpc) is 3.50. The molecule has 2 aromatic rings. The summed E-state index contributed by atoms with van der Waals surface area (Å²) in [5.41, 5.74) is -0.0904. The Bertz CT molecular complexity index is 997. The molecule has 1 aliphatic rings. The lowest BCUT2D eigenvalue weighted by atomic mass is 9.97. The van der Waals surface area contributed by atoms with Crippen molar-refractivity contribution in [2.45, 2.75) is 57.2 Å². The van der Waals surface area contributed by atoms with Gasteiger partial charge in [-0.3, -0.25) is 10.1 Å². The highest BCUT2D eigenvalue weighted by molar-refractivity contribution is 5.83. The van der Waals surface area contributed by atoms with Gasteiger partial charge in [0.1, 0.15) is 17.2 Å². The van der Waals surface area contributed by atoms with Crippen molar-refractivity contribution in [3.8, 4) is 17.2 Å². The van der Waals surface area contributed by atoms with Gasteiger partial charge < -0.3 is 5.32 Å². The molecule has 1 aliphatic carbocycles. The molecular formula is C24H25F4N3O. The molecule has 0 bridgehead atoms. The third kappa shape index (κ3) is 5.65. The zero-order valence-electron chi connectivity index (χ0n) is 17.8. The fraction of sp³-hybridized carbons (Fsp3) is 0.417. The van der Waals surface area contributed by atoms with Crippen LogP contribution in [-0.4, -0.2) is 23.9 Å². The van der Waals surface area contributed by atoms with E-state index >= 15 is 0 Å². The van der Waals surface area contributed by atoms with E-state index in [1.165, 1.54) is 30.3 Å². The summed E-state index contributed by atoms with van der Waals surface area (Å²) < 4.78 is 55.1. The van der Waals surface area contributed by atoms with Crippen LogP contribution in [0.15, 0.2) is 42.5 Å². The molecule has 8 heteroatoms. The largest absolute Gasteiger partial charge is 0.336 e. The Kier molecular flexibility index (Phi) is 7.19. The molecule has 0 unspecified atom stereocenters. The molecule has 1 fully saturated rings. The van der Waals surface area contributed by atoms with Crippen LogP contribution in [-0.2, 0) is 4.79 Å². The van der Waals surface area contributed by atoms with Crippen LogP contribution in [0.4, 0.5) is 17.6 Å². The minimum absolute atomic E-state index is 0.0534. The lowest BCUT2D eigenvalue weighted by molar-refractivity contribution is -0.124. The molecule has 2 N–H and O–H groups in total. The van der Waals surface area contributed by atoms with Crippen LogP contribution in [0.25, 0.3) is 11.1 Å². The molecule has 0 saturated heterocycles. The van der Waals surface area contributed by atoms with Gasteiger partial charge in [0.05, 0.1) is 18.2 Å². The van der Waals surface area contributed by atoms with Crippen LogP contribution >= 0.6 is 0 Å². The number of halogens is 4. The molecule has 0 spiro atoms. The van der Waals surface area contributed by atoms with Crippen LogP contribution in [0.1, 0.15) is 44.7 Å². The van der Waals surface area contributed by atoms with E-state index in [0.29, 0.717) is 24.8 Å². The van der Waals surface area contributed by atoms with E-state index in [9.17, 15) is 27.6 Å². The molecule has 3 rings (SSSR count). The lowest BCUT2D eigenvalue weighted by Gasteiger charge is -2.27. The van der Waals surface area contributed by atoms with Crippen LogP contribution in [0.3, 0.4) is 0 Å². The first-order valence-corrected chi connectivity index (χ1v) is 10.5. The van der Waals surface area contributed by atoms with E-state index in [4.69, 9.17) is 0 Å². The highest BCUT2D eigenvalue weighted by Crippen LogP contribution is 2.35. The van der Waals surface area contributed by atoms with E-state index in [1.807, 2.05) is 13.8 Å². The second-order valence-electron chi connectivity index (χ2n) is 8.59. The summed E-state index contributed by atoms with van der Waals surface area (Å²) in [7, 11) is 0. The van der Waals surface area contributed by atoms with Crippen LogP contribution < -0.4 is 10.6 Å². The Balaban J connectivity index is 1.81. The molecule has 170 valence electrons. The molecule has 32 heavy (non-hydrogen) atoms. The molecule has 0 aliphatic heterocycles. The number of carbonyl (C=O) groups is 1. The summed E-state index contributed by atoms with van der Waals surface area (Å²) >= 11 is 0. The van der Waals surface area contributed by atoms with Gasteiger partial charge in [0.15, 0.2) is 0 Å². The second-order valence-corrected chi connectivity index (χ2v) is 8.59. The molecule has 0 radical (unpaired) electrons. The van der Waals surface area contributed by atoms with Gasteiger partial charge in [0, 0.05) is 11.6 Å². The van der Waals surface area contributed by atoms with Crippen molar-refractivity contribution >= 4 is 5.91 Å². The molecule has 2 atom stereocenters. The van der Waals surface area contributed by atoms with Crippen LogP contribution in [0.2, 0.25) is 0 Å². The highest BCUT2D eigenvalue weighted by atomic mass is 19.3. The van der Waals surface area contributed by atoms with Crippen molar-refractivity contribution in [1.29, 1.82) is 5.26 Å². The normalized spacial score (nSPS) is 16.5. The maximum Gasteiger partial charge on any atom is 0.257 e. The van der Waals surface area contributed by atoms with Gasteiger partial charge in [-0.25, -0.2) is 17.6 Å². The van der Waals surface area contributed by atoms with Crippen LogP contribution in [0, 0.1) is 28.9 Å². The van der Waals surface area contributed by atoms with Crippen molar-refractivity contribution in [1.82, 2.24) is 10.6 Å². The molecule has 2 aromatic carbocycles. The third-order valence-corrected chi connectivity index (χ3v) is 5.49. The number of alkyl halides is 2. The Morgan fingerprint density at radius 1 is 1.12 bits per heavy atom. The minimum atomic E-state index is -2.81. The van der Waals surface area contributed by atoms with E-state index in [2.05, 4.69) is 16.7 Å². The van der Waals surface area contributed by atoms with Gasteiger partial charge in [-0.1, -0.05) is 38.1 Å². The Morgan fingerprint density at radius 2 is 1.78 bits per heavy atom. The topological polar surface area (TPSA) is 64.9 Å². The average molecular weight is 447 g/mol. The zero-order valence-corrected chi connectivity index (χ0v) is 17.8. The fourth-order valence-electron chi connectivity index (χ4n) is 3.56. The Labute approximate surface area is 184 Å². The van der Waals surface area contributed by atoms with Gasteiger partial charge in [-0.05, 0) is 48.4 Å². The third-order valence-electron chi connectivity index (χ3n) is 5.49. The van der Waals surface area contributed by atoms with E-state index < -0.39 is 41.6 Å². The van der Waals surface area contributed by atoms with E-state index in [0.717, 1.165) is 12.1 Å². The number of rotatable bonds is 9. The summed E-state index contributed by atoms with van der Waals surface area (Å²) in [6, 6.07) is 8.72. The number of benzene rings is 2. The Hall–Kier alpha value is -2.92. The number of nitriles is 1. The van der Waals surface area contributed by atoms with Gasteiger partial charge in [0.25, 0.3) is 6.43 Å². The minimum Gasteiger partial charge on any atom is -0.336 e. The van der Waals surface area contributed by atoms with Crippen molar-refractivity contribution in [3.63, 3.8) is 0 Å². The Morgan fingerprint density at radius 3 is 2.28 bits per heavy atom. The number of nitrogens with one attached hydrogen (secondary N) is 2. The van der Waals surface area contributed by atoms with Gasteiger partial charge in [-0.2, -0.15) is 5.26 Å². The first kappa shape index (κ1) is 23.7. The monoisotopic (exact) mass is 447 g/mol. The number of amides is 1. The molecule has 0 heterocycles. The number of carbonyl (C=O) groups excluding carboxylic acids is 1. The highest BCUT2D eigenvalue weighted by Gasteiger charge is 2.46. The van der Waals surface area contributed by atoms with Crippen LogP contribution in [0.5, 0.6) is 0 Å². The molecular weight excluding hydrogens is 422 g/mol. The quantitative estimate of drug-likeness (QED) is 0.525. The van der Waals surface area contributed by atoms with Gasteiger partial charge in [-0.15, -0.1) is 0 Å². The SMILES string of the molecule is CC(C)C[C@H](N[C@@H](c1ccc(-c2ccc(F)cc2F)cc1)C(F)F)C(=O)NC1(C#N)CC1. The predicted octanol–water partition coefficient (Wildman–Crippen LogP) is 5.11. The molecule has 1 amide bonds. The molecule has 0 aromatic heterocycles. The maximum atomic E-state index is 14.0. The van der Waals surface area contributed by atoms with Gasteiger partial charge >= 0.3 is 0 Å². The standard InChI is InChI=1S/C24H25F4N3O/c1-14(2)11-20(23(32)31-24(13-29)9-10-24)30-21(22(27)28)16-5-3-15(4-6-16)18-8-7-17(25)12-19(18)26/h3-8,12,14,20-22,30H,9-11H2,1-2H3,(H,31,32)/t20-,21-/m0/s1. The van der Waals surface area contributed by atoms with Crippen molar-refractivity contribution in [2.75, 3.05) is 0 Å². The lowest BCUT2D eigenvalue weighted by Crippen LogP contribution is -2.51. The number of nitrogens with zero attached hydrogens (tertiary/aromatic N) is 1. The molecule has 4 nitrogen and oxygen atoms in total. The van der Waals surface area contributed by atoms with Crippen molar-refractivity contribution < 1.29 is 22.4 Å². The van der Waals surface area contributed by atoms with Gasteiger partial charge in [0.2, 0.25) is 5.91 Å². The number of hydrogen-bond donors (Lipinski definition) is 2. The summed E-state index contributed by atoms with van der Waals surface area (Å²) in [6.45, 7) is 3.76. The first-order chi connectivity index (χ1) is 15.1. The smallest absolute Gasteiger partial charge is 0.257 e. The maximum absolute atomic E-state index is 14.0. The van der Waals surface area contributed by atoms with E-state index in [1.54, 1.807) is 0 Å². The first-order valence-electron chi connectivity index (χ1n) is 10.5. The summed E-state index contributed by atoms with van der Waals surface area (Å²) in [5.74, 6) is -1.88. The fourth-order valence-corrected chi connectivity index (χ4v) is 3.56. The van der Waals surface area contributed by atoms with Crippen molar-refractivity contribution in [3.05, 3.63) is 59.7 Å². The summed E-state index contributed by atoms with van der Waals surface area (Å²) in [5, 5.41) is 14.7. The zero-order chi connectivity index (χ0) is 23.5. The predicted molar refractivity (Wildman–Crippen MR) is 113 cm³/mol.